The van der Waals surface area contributed by atoms with Crippen molar-refractivity contribution in [3.05, 3.63) is 54.0 Å². The van der Waals surface area contributed by atoms with Gasteiger partial charge in [-0.25, -0.2) is 0 Å². The maximum absolute atomic E-state index is 11.8. The van der Waals surface area contributed by atoms with Crippen LogP contribution in [0.5, 0.6) is 5.75 Å². The molecule has 1 aromatic carbocycles. The van der Waals surface area contributed by atoms with Crippen LogP contribution in [0.4, 0.5) is 0 Å². The fraction of sp³-hybridized carbons (Fsp3) is 0.350. The third kappa shape index (κ3) is 6.46. The average Bonchev–Trinajstić information content (AvgIpc) is 3.33. The standard InChI is InChI=1S/C20H23N3O5/c24-18(11-22-20(26)15-8-10-27-12-15)21-9-7-14-1-5-17(6-2-14)28-13-19(25)23-16-3-4-16/h1-2,5-6,8,10,12,16H,3-4,7,9,11,13H2,(H,21,24)(H,22,26)(H,23,25). The number of hydrogen-bond acceptors (Lipinski definition) is 5. The van der Waals surface area contributed by atoms with Gasteiger partial charge in [-0.2, -0.15) is 0 Å². The Morgan fingerprint density at radius 3 is 2.50 bits per heavy atom. The van der Waals surface area contributed by atoms with Crippen LogP contribution >= 0.6 is 0 Å². The molecular formula is C20H23N3O5. The Bertz CT molecular complexity index is 798. The number of rotatable bonds is 10. The molecule has 1 aromatic heterocycles. The molecule has 0 unspecified atom stereocenters. The van der Waals surface area contributed by atoms with E-state index >= 15 is 0 Å². The van der Waals surface area contributed by atoms with E-state index in [-0.39, 0.29) is 30.9 Å². The lowest BCUT2D eigenvalue weighted by Gasteiger charge is -2.08. The van der Waals surface area contributed by atoms with Gasteiger partial charge in [0, 0.05) is 12.6 Å². The molecule has 3 rings (SSSR count). The minimum absolute atomic E-state index is 0.0104. The van der Waals surface area contributed by atoms with Crippen LogP contribution in [0.25, 0.3) is 0 Å². The highest BCUT2D eigenvalue weighted by atomic mass is 16.5. The SMILES string of the molecule is O=C(CNC(=O)c1ccoc1)NCCc1ccc(OCC(=O)NC2CC2)cc1. The van der Waals surface area contributed by atoms with E-state index in [9.17, 15) is 14.4 Å². The fourth-order valence-corrected chi connectivity index (χ4v) is 2.46. The quantitative estimate of drug-likeness (QED) is 0.566. The van der Waals surface area contributed by atoms with Gasteiger partial charge in [-0.05, 0) is 43.0 Å². The Hall–Kier alpha value is -3.29. The van der Waals surface area contributed by atoms with Crippen molar-refractivity contribution in [3.63, 3.8) is 0 Å². The minimum atomic E-state index is -0.356. The van der Waals surface area contributed by atoms with E-state index in [4.69, 9.17) is 9.15 Å². The highest BCUT2D eigenvalue weighted by molar-refractivity contribution is 5.96. The smallest absolute Gasteiger partial charge is 0.258 e. The summed E-state index contributed by atoms with van der Waals surface area (Å²) in [7, 11) is 0. The second kappa shape index (κ2) is 9.59. The summed E-state index contributed by atoms with van der Waals surface area (Å²) < 4.78 is 10.3. The Balaban J connectivity index is 1.30. The van der Waals surface area contributed by atoms with Crippen LogP contribution in [0, 0.1) is 0 Å². The number of hydrogen-bond donors (Lipinski definition) is 3. The van der Waals surface area contributed by atoms with Gasteiger partial charge in [0.25, 0.3) is 11.8 Å². The average molecular weight is 385 g/mol. The van der Waals surface area contributed by atoms with Crippen molar-refractivity contribution in [1.29, 1.82) is 0 Å². The fourth-order valence-electron chi connectivity index (χ4n) is 2.46. The molecule has 0 saturated heterocycles. The van der Waals surface area contributed by atoms with Gasteiger partial charge in [0.2, 0.25) is 5.91 Å². The highest BCUT2D eigenvalue weighted by Crippen LogP contribution is 2.18. The van der Waals surface area contributed by atoms with E-state index in [1.165, 1.54) is 18.6 Å². The Morgan fingerprint density at radius 2 is 1.82 bits per heavy atom. The first-order valence-electron chi connectivity index (χ1n) is 9.18. The zero-order valence-electron chi connectivity index (χ0n) is 15.4. The van der Waals surface area contributed by atoms with Gasteiger partial charge in [0.05, 0.1) is 18.4 Å². The molecule has 0 radical (unpaired) electrons. The number of amides is 3. The van der Waals surface area contributed by atoms with Gasteiger partial charge in [-0.3, -0.25) is 14.4 Å². The van der Waals surface area contributed by atoms with Crippen LogP contribution in [-0.2, 0) is 16.0 Å². The van der Waals surface area contributed by atoms with E-state index in [0.29, 0.717) is 30.3 Å². The molecule has 1 heterocycles. The van der Waals surface area contributed by atoms with Crippen LogP contribution in [0.3, 0.4) is 0 Å². The topological polar surface area (TPSA) is 110 Å². The van der Waals surface area contributed by atoms with Crippen LogP contribution in [0.2, 0.25) is 0 Å². The summed E-state index contributed by atoms with van der Waals surface area (Å²) in [6.07, 6.45) is 5.46. The zero-order valence-corrected chi connectivity index (χ0v) is 15.4. The maximum Gasteiger partial charge on any atom is 0.258 e. The van der Waals surface area contributed by atoms with Crippen LogP contribution < -0.4 is 20.7 Å². The maximum atomic E-state index is 11.8. The van der Waals surface area contributed by atoms with Crippen LogP contribution in [-0.4, -0.2) is 43.5 Å². The molecule has 3 N–H and O–H groups in total. The van der Waals surface area contributed by atoms with Gasteiger partial charge < -0.3 is 25.1 Å². The number of nitrogens with one attached hydrogen (secondary N) is 3. The highest BCUT2D eigenvalue weighted by Gasteiger charge is 2.23. The molecule has 148 valence electrons. The summed E-state index contributed by atoms with van der Waals surface area (Å²) in [4.78, 5) is 35.1. The van der Waals surface area contributed by atoms with Crippen LogP contribution in [0.15, 0.2) is 47.3 Å². The predicted molar refractivity (Wildman–Crippen MR) is 101 cm³/mol. The van der Waals surface area contributed by atoms with Crippen molar-refractivity contribution >= 4 is 17.7 Å². The molecule has 0 atom stereocenters. The first kappa shape index (κ1) is 19.5. The van der Waals surface area contributed by atoms with Gasteiger partial charge >= 0.3 is 0 Å². The molecular weight excluding hydrogens is 362 g/mol. The van der Waals surface area contributed by atoms with Gasteiger partial charge in [-0.15, -0.1) is 0 Å². The number of ether oxygens (including phenoxy) is 1. The Morgan fingerprint density at radius 1 is 1.04 bits per heavy atom. The molecule has 0 spiro atoms. The van der Waals surface area contributed by atoms with Crippen molar-refractivity contribution < 1.29 is 23.5 Å². The van der Waals surface area contributed by atoms with E-state index in [2.05, 4.69) is 16.0 Å². The second-order valence-electron chi connectivity index (χ2n) is 6.57. The molecule has 1 saturated carbocycles. The van der Waals surface area contributed by atoms with Crippen LogP contribution in [0.1, 0.15) is 28.8 Å². The number of furan rings is 1. The molecule has 1 fully saturated rings. The zero-order chi connectivity index (χ0) is 19.8. The van der Waals surface area contributed by atoms with E-state index < -0.39 is 0 Å². The van der Waals surface area contributed by atoms with E-state index in [1.54, 1.807) is 12.1 Å². The second-order valence-corrected chi connectivity index (χ2v) is 6.57. The lowest BCUT2D eigenvalue weighted by atomic mass is 10.1. The largest absolute Gasteiger partial charge is 0.484 e. The van der Waals surface area contributed by atoms with Gasteiger partial charge in [-0.1, -0.05) is 12.1 Å². The molecule has 8 nitrogen and oxygen atoms in total. The molecule has 28 heavy (non-hydrogen) atoms. The van der Waals surface area contributed by atoms with Gasteiger partial charge in [0.1, 0.15) is 12.0 Å². The molecule has 8 heteroatoms. The van der Waals surface area contributed by atoms with Gasteiger partial charge in [0.15, 0.2) is 6.61 Å². The summed E-state index contributed by atoms with van der Waals surface area (Å²) in [5.41, 5.74) is 1.40. The first-order chi connectivity index (χ1) is 13.6. The van der Waals surface area contributed by atoms with Crippen molar-refractivity contribution in [3.8, 4) is 5.75 Å². The predicted octanol–water partition coefficient (Wildman–Crippen LogP) is 1.03. The third-order valence-electron chi connectivity index (χ3n) is 4.16. The number of benzene rings is 1. The summed E-state index contributed by atoms with van der Waals surface area (Å²) in [6.45, 7) is 0.362. The van der Waals surface area contributed by atoms with Crippen molar-refractivity contribution in [2.24, 2.45) is 0 Å². The molecule has 3 amide bonds. The Kier molecular flexibility index (Phi) is 6.67. The normalized spacial score (nSPS) is 12.9. The summed E-state index contributed by atoms with van der Waals surface area (Å²) in [6, 6.07) is 9.23. The molecule has 1 aliphatic carbocycles. The Labute approximate surface area is 162 Å². The summed E-state index contributed by atoms with van der Waals surface area (Å²) >= 11 is 0. The molecule has 1 aliphatic rings. The molecule has 0 aliphatic heterocycles. The lowest BCUT2D eigenvalue weighted by molar-refractivity contribution is -0.123. The van der Waals surface area contributed by atoms with E-state index in [1.807, 2.05) is 12.1 Å². The van der Waals surface area contributed by atoms with Crippen molar-refractivity contribution in [2.75, 3.05) is 19.7 Å². The number of carbonyl (C=O) groups is 3. The van der Waals surface area contributed by atoms with Crippen molar-refractivity contribution in [1.82, 2.24) is 16.0 Å². The molecule has 0 bridgehead atoms. The molecule has 2 aromatic rings. The first-order valence-corrected chi connectivity index (χ1v) is 9.18. The summed E-state index contributed by atoms with van der Waals surface area (Å²) in [5.74, 6) is -0.0985. The number of carbonyl (C=O) groups excluding carboxylic acids is 3. The van der Waals surface area contributed by atoms with Crippen molar-refractivity contribution in [2.45, 2.75) is 25.3 Å². The monoisotopic (exact) mass is 385 g/mol. The lowest BCUT2D eigenvalue weighted by Crippen LogP contribution is -2.37. The van der Waals surface area contributed by atoms with E-state index in [0.717, 1.165) is 18.4 Å². The third-order valence-corrected chi connectivity index (χ3v) is 4.16. The summed E-state index contributed by atoms with van der Waals surface area (Å²) in [5, 5.41) is 8.13. The minimum Gasteiger partial charge on any atom is -0.484 e.